The van der Waals surface area contributed by atoms with Crippen molar-refractivity contribution in [2.75, 3.05) is 0 Å². The van der Waals surface area contributed by atoms with Gasteiger partial charge in [0.25, 0.3) is 0 Å². The molecule has 0 spiro atoms. The number of hydrogen-bond acceptors (Lipinski definition) is 5. The minimum atomic E-state index is -0.675. The predicted octanol–water partition coefficient (Wildman–Crippen LogP) is 2.81. The Morgan fingerprint density at radius 3 is 3.00 bits per heavy atom. The normalized spacial score (nSPS) is 10.4. The van der Waals surface area contributed by atoms with Crippen LogP contribution in [-0.2, 0) is 0 Å². The van der Waals surface area contributed by atoms with E-state index in [-0.39, 0.29) is 22.5 Å². The van der Waals surface area contributed by atoms with E-state index in [4.69, 9.17) is 21.6 Å². The van der Waals surface area contributed by atoms with Gasteiger partial charge < -0.3 is 9.72 Å². The lowest BCUT2D eigenvalue weighted by Gasteiger charge is -2.07. The highest BCUT2D eigenvalue weighted by molar-refractivity contribution is 6.28. The number of nitrogens with zero attached hydrogens (tertiary/aromatic N) is 4. The van der Waals surface area contributed by atoms with Gasteiger partial charge in [0.15, 0.2) is 5.65 Å². The lowest BCUT2D eigenvalue weighted by atomic mass is 10.2. The van der Waals surface area contributed by atoms with Crippen LogP contribution in [0, 0.1) is 17.1 Å². The number of imidazole rings is 1. The standard InChI is InChI=1S/C12H5ClFN5O/c13-12-18-10-9(16-5-17-10)11(19-12)20-8-3-1-2-7(14)6(8)4-15/h1-3,5H,(H,16,17,18,19). The minimum Gasteiger partial charge on any atom is -0.435 e. The Hall–Kier alpha value is -2.72. The molecule has 0 saturated carbocycles. The van der Waals surface area contributed by atoms with Crippen LogP contribution in [0.2, 0.25) is 5.28 Å². The summed E-state index contributed by atoms with van der Waals surface area (Å²) in [6.45, 7) is 0. The highest BCUT2D eigenvalue weighted by atomic mass is 35.5. The maximum absolute atomic E-state index is 13.5. The van der Waals surface area contributed by atoms with Crippen molar-refractivity contribution in [3.05, 3.63) is 41.2 Å². The average molecular weight is 290 g/mol. The van der Waals surface area contributed by atoms with Crippen LogP contribution in [0.5, 0.6) is 11.6 Å². The van der Waals surface area contributed by atoms with Crippen molar-refractivity contribution in [2.45, 2.75) is 0 Å². The number of benzene rings is 1. The Morgan fingerprint density at radius 2 is 2.20 bits per heavy atom. The summed E-state index contributed by atoms with van der Waals surface area (Å²) in [5, 5.41) is 8.90. The largest absolute Gasteiger partial charge is 0.435 e. The molecule has 2 aromatic heterocycles. The van der Waals surface area contributed by atoms with Gasteiger partial charge in [-0.15, -0.1) is 0 Å². The third kappa shape index (κ3) is 2.02. The molecule has 20 heavy (non-hydrogen) atoms. The summed E-state index contributed by atoms with van der Waals surface area (Å²) in [5.41, 5.74) is 0.507. The molecule has 3 rings (SSSR count). The van der Waals surface area contributed by atoms with Crippen molar-refractivity contribution in [1.29, 1.82) is 5.26 Å². The summed E-state index contributed by atoms with van der Waals surface area (Å²) < 4.78 is 19.0. The topological polar surface area (TPSA) is 87.5 Å². The Bertz CT molecular complexity index is 841. The predicted molar refractivity (Wildman–Crippen MR) is 67.9 cm³/mol. The van der Waals surface area contributed by atoms with Crippen LogP contribution >= 0.6 is 11.6 Å². The number of hydrogen-bond donors (Lipinski definition) is 1. The first kappa shape index (κ1) is 12.3. The number of halogens is 2. The smallest absolute Gasteiger partial charge is 0.250 e. The van der Waals surface area contributed by atoms with E-state index in [1.165, 1.54) is 24.5 Å². The molecule has 1 aromatic carbocycles. The second-order valence-corrected chi connectivity index (χ2v) is 4.06. The molecule has 6 nitrogen and oxygen atoms in total. The third-order valence-corrected chi connectivity index (χ3v) is 2.69. The van der Waals surface area contributed by atoms with E-state index in [1.54, 1.807) is 6.07 Å². The molecule has 8 heteroatoms. The first-order valence-electron chi connectivity index (χ1n) is 5.42. The van der Waals surface area contributed by atoms with Crippen LogP contribution < -0.4 is 4.74 Å². The van der Waals surface area contributed by atoms with Gasteiger partial charge in [-0.2, -0.15) is 15.2 Å². The van der Waals surface area contributed by atoms with Gasteiger partial charge in [0.05, 0.1) is 6.33 Å². The highest BCUT2D eigenvalue weighted by Crippen LogP contribution is 2.29. The zero-order chi connectivity index (χ0) is 14.1. The summed E-state index contributed by atoms with van der Waals surface area (Å²) in [4.78, 5) is 14.5. The Balaban J connectivity index is 2.13. The third-order valence-electron chi connectivity index (χ3n) is 2.52. The van der Waals surface area contributed by atoms with Crippen molar-refractivity contribution < 1.29 is 9.13 Å². The lowest BCUT2D eigenvalue weighted by molar-refractivity contribution is 0.460. The Labute approximate surface area is 116 Å². The van der Waals surface area contributed by atoms with Gasteiger partial charge in [0, 0.05) is 0 Å². The molecular formula is C12H5ClFN5O. The number of H-pyrrole nitrogens is 1. The molecule has 0 aliphatic heterocycles. The maximum Gasteiger partial charge on any atom is 0.250 e. The molecule has 0 bridgehead atoms. The van der Waals surface area contributed by atoms with E-state index in [1.807, 2.05) is 0 Å². The second-order valence-electron chi connectivity index (χ2n) is 3.73. The van der Waals surface area contributed by atoms with E-state index in [0.717, 1.165) is 0 Å². The Kier molecular flexibility index (Phi) is 2.93. The molecule has 1 N–H and O–H groups in total. The summed E-state index contributed by atoms with van der Waals surface area (Å²) in [6.07, 6.45) is 1.40. The molecular weight excluding hydrogens is 285 g/mol. The molecule has 0 amide bonds. The lowest BCUT2D eigenvalue weighted by Crippen LogP contribution is -1.96. The van der Waals surface area contributed by atoms with Gasteiger partial charge in [0.2, 0.25) is 11.2 Å². The quantitative estimate of drug-likeness (QED) is 0.733. The molecule has 3 aromatic rings. The number of ether oxygens (including phenoxy) is 1. The number of aromatic nitrogens is 4. The summed E-state index contributed by atoms with van der Waals surface area (Å²) >= 11 is 5.76. The van der Waals surface area contributed by atoms with E-state index in [9.17, 15) is 4.39 Å². The van der Waals surface area contributed by atoms with Crippen molar-refractivity contribution in [3.63, 3.8) is 0 Å². The number of nitriles is 1. The van der Waals surface area contributed by atoms with Crippen LogP contribution in [0.4, 0.5) is 4.39 Å². The van der Waals surface area contributed by atoms with Crippen molar-refractivity contribution >= 4 is 22.8 Å². The van der Waals surface area contributed by atoms with Crippen LogP contribution in [0.15, 0.2) is 24.5 Å². The number of fused-ring (bicyclic) bond motifs is 1. The van der Waals surface area contributed by atoms with Crippen LogP contribution in [0.3, 0.4) is 0 Å². The summed E-state index contributed by atoms with van der Waals surface area (Å²) in [7, 11) is 0. The van der Waals surface area contributed by atoms with Crippen molar-refractivity contribution in [2.24, 2.45) is 0 Å². The van der Waals surface area contributed by atoms with Gasteiger partial charge in [-0.1, -0.05) is 6.07 Å². The number of nitrogens with one attached hydrogen (secondary N) is 1. The van der Waals surface area contributed by atoms with E-state index < -0.39 is 5.82 Å². The van der Waals surface area contributed by atoms with Gasteiger partial charge in [0.1, 0.15) is 28.7 Å². The monoisotopic (exact) mass is 289 g/mol. The molecule has 98 valence electrons. The molecule has 0 aliphatic rings. The second kappa shape index (κ2) is 4.75. The first-order chi connectivity index (χ1) is 9.69. The van der Waals surface area contributed by atoms with E-state index >= 15 is 0 Å². The zero-order valence-electron chi connectivity index (χ0n) is 9.76. The van der Waals surface area contributed by atoms with Crippen LogP contribution in [0.1, 0.15) is 5.56 Å². The zero-order valence-corrected chi connectivity index (χ0v) is 10.5. The highest BCUT2D eigenvalue weighted by Gasteiger charge is 2.15. The molecule has 0 radical (unpaired) electrons. The fourth-order valence-corrected chi connectivity index (χ4v) is 1.81. The molecule has 0 fully saturated rings. The SMILES string of the molecule is N#Cc1c(F)cccc1Oc1nc(Cl)nc2nc[nH]c12. The van der Waals surface area contributed by atoms with Crippen molar-refractivity contribution in [3.8, 4) is 17.7 Å². The van der Waals surface area contributed by atoms with Gasteiger partial charge in [-0.3, -0.25) is 0 Å². The number of aromatic amines is 1. The van der Waals surface area contributed by atoms with Crippen molar-refractivity contribution in [1.82, 2.24) is 19.9 Å². The summed E-state index contributed by atoms with van der Waals surface area (Å²) in [5.74, 6) is -0.566. The molecule has 0 aliphatic carbocycles. The minimum absolute atomic E-state index is 0.0400. The maximum atomic E-state index is 13.5. The van der Waals surface area contributed by atoms with E-state index in [2.05, 4.69) is 19.9 Å². The fourth-order valence-electron chi connectivity index (χ4n) is 1.66. The van der Waals surface area contributed by atoms with Crippen LogP contribution in [0.25, 0.3) is 11.2 Å². The van der Waals surface area contributed by atoms with Crippen LogP contribution in [-0.4, -0.2) is 19.9 Å². The molecule has 0 saturated heterocycles. The van der Waals surface area contributed by atoms with Gasteiger partial charge >= 0.3 is 0 Å². The molecule has 2 heterocycles. The van der Waals surface area contributed by atoms with Gasteiger partial charge in [-0.25, -0.2) is 9.37 Å². The summed E-state index contributed by atoms with van der Waals surface area (Å²) in [6, 6.07) is 5.80. The first-order valence-corrected chi connectivity index (χ1v) is 5.80. The van der Waals surface area contributed by atoms with Gasteiger partial charge in [-0.05, 0) is 23.7 Å². The fraction of sp³-hybridized carbons (Fsp3) is 0. The molecule has 0 unspecified atom stereocenters. The van der Waals surface area contributed by atoms with E-state index in [0.29, 0.717) is 11.2 Å². The number of rotatable bonds is 2. The average Bonchev–Trinajstić information content (AvgIpc) is 2.87. The molecule has 0 atom stereocenters. The Morgan fingerprint density at radius 1 is 1.35 bits per heavy atom.